The zero-order valence-corrected chi connectivity index (χ0v) is 30.6. The number of sulfonamides is 1. The molecule has 0 aliphatic carbocycles. The molecule has 0 bridgehead atoms. The van der Waals surface area contributed by atoms with E-state index in [1.54, 1.807) is 6.07 Å². The SMILES string of the molecule is CCCCNC(=O)[C@H](Cc1ccccc1)N(Cc1ccc(C)cc1)C(=O)CN(c1cc(Cl)ccc1OC)S(=O)(=O)c1ccc(OC)c(OC)c1. The standard InChI is InChI=1S/C38H44ClN3O7S/c1-6-7-21-40-38(44)33(22-28-11-9-8-10-12-28)41(25-29-15-13-27(2)14-16-29)37(43)26-42(32-23-30(39)17-19-34(32)47-3)50(45,46)31-18-20-35(48-4)36(24-31)49-5/h8-20,23-24,33H,6-7,21-22,25-26H2,1-5H3,(H,40,44)/t33-/m0/s1. The molecule has 0 aliphatic heterocycles. The summed E-state index contributed by atoms with van der Waals surface area (Å²) >= 11 is 6.40. The van der Waals surface area contributed by atoms with Crippen LogP contribution in [-0.2, 0) is 32.6 Å². The number of amides is 2. The first-order valence-electron chi connectivity index (χ1n) is 16.3. The number of ether oxygens (including phenoxy) is 3. The van der Waals surface area contributed by atoms with Crippen LogP contribution in [0.1, 0.15) is 36.5 Å². The highest BCUT2D eigenvalue weighted by Gasteiger charge is 2.36. The van der Waals surface area contributed by atoms with Crippen LogP contribution in [0, 0.1) is 6.92 Å². The van der Waals surface area contributed by atoms with Gasteiger partial charge in [0.25, 0.3) is 10.0 Å². The number of hydrogen-bond acceptors (Lipinski definition) is 7. The van der Waals surface area contributed by atoms with E-state index in [0.717, 1.165) is 33.8 Å². The Bertz CT molecular complexity index is 1850. The Morgan fingerprint density at radius 3 is 2.12 bits per heavy atom. The summed E-state index contributed by atoms with van der Waals surface area (Å²) in [5, 5.41) is 3.23. The molecule has 10 nitrogen and oxygen atoms in total. The molecule has 266 valence electrons. The van der Waals surface area contributed by atoms with Crippen molar-refractivity contribution in [2.75, 3.05) is 38.7 Å². The minimum Gasteiger partial charge on any atom is -0.495 e. The summed E-state index contributed by atoms with van der Waals surface area (Å²) in [6.45, 7) is 3.80. The van der Waals surface area contributed by atoms with E-state index in [2.05, 4.69) is 5.32 Å². The molecule has 0 saturated heterocycles. The van der Waals surface area contributed by atoms with Crippen LogP contribution >= 0.6 is 11.6 Å². The number of unbranched alkanes of at least 4 members (excludes halogenated alkanes) is 1. The summed E-state index contributed by atoms with van der Waals surface area (Å²) < 4.78 is 46.4. The van der Waals surface area contributed by atoms with Gasteiger partial charge in [0, 0.05) is 30.6 Å². The van der Waals surface area contributed by atoms with E-state index in [9.17, 15) is 18.0 Å². The lowest BCUT2D eigenvalue weighted by molar-refractivity contribution is -0.140. The summed E-state index contributed by atoms with van der Waals surface area (Å²) in [5.41, 5.74) is 2.70. The highest BCUT2D eigenvalue weighted by Crippen LogP contribution is 2.37. The van der Waals surface area contributed by atoms with Crippen molar-refractivity contribution in [2.24, 2.45) is 0 Å². The van der Waals surface area contributed by atoms with Crippen LogP contribution < -0.4 is 23.8 Å². The third-order valence-corrected chi connectivity index (χ3v) is 10.2. The largest absolute Gasteiger partial charge is 0.495 e. The number of carbonyl (C=O) groups is 2. The van der Waals surface area contributed by atoms with Gasteiger partial charge in [0.1, 0.15) is 18.3 Å². The van der Waals surface area contributed by atoms with Gasteiger partial charge in [-0.05, 0) is 54.8 Å². The van der Waals surface area contributed by atoms with Crippen molar-refractivity contribution in [3.8, 4) is 17.2 Å². The van der Waals surface area contributed by atoms with Gasteiger partial charge < -0.3 is 24.4 Å². The van der Waals surface area contributed by atoms with Gasteiger partial charge in [-0.25, -0.2) is 8.42 Å². The molecule has 1 atom stereocenters. The maximum absolute atomic E-state index is 14.8. The van der Waals surface area contributed by atoms with Crippen molar-refractivity contribution in [1.82, 2.24) is 10.2 Å². The normalized spacial score (nSPS) is 11.7. The summed E-state index contributed by atoms with van der Waals surface area (Å²) in [6, 6.07) is 24.8. The smallest absolute Gasteiger partial charge is 0.265 e. The number of anilines is 1. The topological polar surface area (TPSA) is 114 Å². The van der Waals surface area contributed by atoms with Crippen LogP contribution in [0.3, 0.4) is 0 Å². The molecule has 0 saturated carbocycles. The number of rotatable bonds is 17. The summed E-state index contributed by atoms with van der Waals surface area (Å²) in [6.07, 6.45) is 1.85. The summed E-state index contributed by atoms with van der Waals surface area (Å²) in [5.74, 6) is -0.253. The second-order valence-corrected chi connectivity index (χ2v) is 14.0. The molecular formula is C38H44ClN3O7S. The minimum absolute atomic E-state index is 0.0467. The molecule has 0 spiro atoms. The first-order chi connectivity index (χ1) is 24.0. The number of methoxy groups -OCH3 is 3. The quantitative estimate of drug-likeness (QED) is 0.125. The number of carbonyl (C=O) groups excluding carboxylic acids is 2. The first-order valence-corrected chi connectivity index (χ1v) is 18.1. The third-order valence-electron chi connectivity index (χ3n) is 8.21. The van der Waals surface area contributed by atoms with Gasteiger partial charge in [-0.1, -0.05) is 85.1 Å². The predicted molar refractivity (Wildman–Crippen MR) is 196 cm³/mol. The molecule has 12 heteroatoms. The number of nitrogens with zero attached hydrogens (tertiary/aromatic N) is 2. The van der Waals surface area contributed by atoms with Gasteiger partial charge in [-0.2, -0.15) is 0 Å². The summed E-state index contributed by atoms with van der Waals surface area (Å²) in [7, 11) is -0.236. The molecule has 0 aromatic heterocycles. The average Bonchev–Trinajstić information content (AvgIpc) is 3.12. The molecule has 0 fully saturated rings. The molecule has 2 amide bonds. The summed E-state index contributed by atoms with van der Waals surface area (Å²) in [4.78, 5) is 30.0. The highest BCUT2D eigenvalue weighted by atomic mass is 35.5. The lowest BCUT2D eigenvalue weighted by atomic mass is 10.0. The van der Waals surface area contributed by atoms with Gasteiger partial charge in [0.05, 0.1) is 31.9 Å². The maximum atomic E-state index is 14.8. The van der Waals surface area contributed by atoms with Crippen molar-refractivity contribution in [2.45, 2.75) is 50.6 Å². The number of aryl methyl sites for hydroxylation is 1. The lowest BCUT2D eigenvalue weighted by Crippen LogP contribution is -2.53. The van der Waals surface area contributed by atoms with Crippen molar-refractivity contribution in [3.05, 3.63) is 113 Å². The van der Waals surface area contributed by atoms with Crippen LogP contribution in [0.4, 0.5) is 5.69 Å². The Labute approximate surface area is 300 Å². The fourth-order valence-electron chi connectivity index (χ4n) is 5.43. The fraction of sp³-hybridized carbons (Fsp3) is 0.316. The number of benzene rings is 4. The Hall–Kier alpha value is -4.74. The fourth-order valence-corrected chi connectivity index (χ4v) is 7.02. The lowest BCUT2D eigenvalue weighted by Gasteiger charge is -2.34. The molecule has 0 heterocycles. The number of nitrogens with one attached hydrogen (secondary N) is 1. The minimum atomic E-state index is -4.48. The van der Waals surface area contributed by atoms with Gasteiger partial charge in [0.2, 0.25) is 11.8 Å². The maximum Gasteiger partial charge on any atom is 0.265 e. The number of halogens is 1. The highest BCUT2D eigenvalue weighted by molar-refractivity contribution is 7.92. The van der Waals surface area contributed by atoms with E-state index in [0.29, 0.717) is 12.3 Å². The van der Waals surface area contributed by atoms with Gasteiger partial charge in [-0.15, -0.1) is 0 Å². The zero-order valence-electron chi connectivity index (χ0n) is 29.0. The third kappa shape index (κ3) is 9.48. The molecule has 4 aromatic rings. The van der Waals surface area contributed by atoms with Crippen molar-refractivity contribution >= 4 is 39.1 Å². The first kappa shape index (κ1) is 38.1. The molecule has 0 aliphatic rings. The van der Waals surface area contributed by atoms with E-state index < -0.39 is 28.5 Å². The molecule has 0 radical (unpaired) electrons. The molecule has 0 unspecified atom stereocenters. The monoisotopic (exact) mass is 721 g/mol. The van der Waals surface area contributed by atoms with Gasteiger partial charge >= 0.3 is 0 Å². The van der Waals surface area contributed by atoms with Crippen LogP contribution in [-0.4, -0.2) is 65.6 Å². The van der Waals surface area contributed by atoms with Crippen LogP contribution in [0.2, 0.25) is 5.02 Å². The van der Waals surface area contributed by atoms with E-state index in [-0.39, 0.29) is 46.0 Å². The van der Waals surface area contributed by atoms with Crippen LogP contribution in [0.5, 0.6) is 17.2 Å². The molecule has 4 rings (SSSR count). The molecule has 4 aromatic carbocycles. The predicted octanol–water partition coefficient (Wildman–Crippen LogP) is 6.43. The van der Waals surface area contributed by atoms with E-state index in [1.165, 1.54) is 56.6 Å². The van der Waals surface area contributed by atoms with E-state index in [1.807, 2.05) is 68.4 Å². The second kappa shape index (κ2) is 17.8. The van der Waals surface area contributed by atoms with E-state index in [4.69, 9.17) is 25.8 Å². The Morgan fingerprint density at radius 2 is 1.48 bits per heavy atom. The van der Waals surface area contributed by atoms with Gasteiger partial charge in [0.15, 0.2) is 11.5 Å². The Morgan fingerprint density at radius 1 is 0.820 bits per heavy atom. The van der Waals surface area contributed by atoms with Crippen molar-refractivity contribution in [3.63, 3.8) is 0 Å². The number of hydrogen-bond donors (Lipinski definition) is 1. The van der Waals surface area contributed by atoms with E-state index >= 15 is 0 Å². The molecular weight excluding hydrogens is 678 g/mol. The Balaban J connectivity index is 1.86. The Kier molecular flexibility index (Phi) is 13.5. The zero-order chi connectivity index (χ0) is 36.3. The van der Waals surface area contributed by atoms with Crippen molar-refractivity contribution in [1.29, 1.82) is 0 Å². The van der Waals surface area contributed by atoms with Crippen LogP contribution in [0.15, 0.2) is 95.9 Å². The molecule has 50 heavy (non-hydrogen) atoms. The molecule has 1 N–H and O–H groups in total. The second-order valence-electron chi connectivity index (χ2n) is 11.7. The van der Waals surface area contributed by atoms with Crippen molar-refractivity contribution < 1.29 is 32.2 Å². The van der Waals surface area contributed by atoms with Gasteiger partial charge in [-0.3, -0.25) is 13.9 Å². The average molecular weight is 722 g/mol. The van der Waals surface area contributed by atoms with Crippen LogP contribution in [0.25, 0.3) is 0 Å².